The van der Waals surface area contributed by atoms with E-state index in [1.54, 1.807) is 24.3 Å². The number of nitrogens with one attached hydrogen (secondary N) is 1. The summed E-state index contributed by atoms with van der Waals surface area (Å²) in [6, 6.07) is 8.25. The fraction of sp³-hybridized carbons (Fsp3) is 0. The summed E-state index contributed by atoms with van der Waals surface area (Å²) in [7, 11) is 0. The normalized spacial score (nSPS) is 10.2. The molecule has 1 aromatic heterocycles. The lowest BCUT2D eigenvalue weighted by atomic mass is 10.1. The van der Waals surface area contributed by atoms with Gasteiger partial charge in [0, 0.05) is 16.7 Å². The molecule has 7 heteroatoms. The molecule has 0 unspecified atom stereocenters. The third kappa shape index (κ3) is 2.22. The smallest absolute Gasteiger partial charge is 0.273 e. The van der Waals surface area contributed by atoms with E-state index < -0.39 is 5.56 Å². The molecule has 5 N–H and O–H groups in total. The van der Waals surface area contributed by atoms with Gasteiger partial charge >= 0.3 is 0 Å². The number of hydrogen-bond donors (Lipinski definition) is 3. The highest BCUT2D eigenvalue weighted by Gasteiger charge is 2.06. The quantitative estimate of drug-likeness (QED) is 0.535. The van der Waals surface area contributed by atoms with Crippen molar-refractivity contribution >= 4 is 17.5 Å². The van der Waals surface area contributed by atoms with E-state index in [4.69, 9.17) is 23.3 Å². The predicted octanol–water partition coefficient (Wildman–Crippen LogP) is 0.563. The first-order valence-corrected chi connectivity index (χ1v) is 5.11. The van der Waals surface area contributed by atoms with Crippen molar-refractivity contribution in [1.82, 2.24) is 9.66 Å². The van der Waals surface area contributed by atoms with Gasteiger partial charge in [-0.25, -0.2) is 10.8 Å². The number of nitrogens with zero attached hydrogens (tertiary/aromatic N) is 2. The van der Waals surface area contributed by atoms with E-state index in [0.29, 0.717) is 10.7 Å². The van der Waals surface area contributed by atoms with Crippen LogP contribution >= 0.6 is 11.6 Å². The first-order valence-electron chi connectivity index (χ1n) is 4.73. The molecule has 6 nitrogen and oxygen atoms in total. The van der Waals surface area contributed by atoms with E-state index in [2.05, 4.69) is 10.4 Å². The van der Waals surface area contributed by atoms with E-state index in [-0.39, 0.29) is 5.95 Å². The van der Waals surface area contributed by atoms with Crippen LogP contribution in [0.25, 0.3) is 11.3 Å². The Morgan fingerprint density at radius 2 is 1.94 bits per heavy atom. The lowest BCUT2D eigenvalue weighted by molar-refractivity contribution is 0.892. The minimum atomic E-state index is -0.405. The molecule has 0 fully saturated rings. The van der Waals surface area contributed by atoms with E-state index in [9.17, 15) is 4.79 Å². The molecule has 0 spiro atoms. The fourth-order valence-electron chi connectivity index (χ4n) is 1.36. The molecule has 88 valence electrons. The minimum absolute atomic E-state index is 0.0856. The van der Waals surface area contributed by atoms with E-state index in [0.717, 1.165) is 10.2 Å². The van der Waals surface area contributed by atoms with Crippen LogP contribution in [0.3, 0.4) is 0 Å². The van der Waals surface area contributed by atoms with Gasteiger partial charge in [0.15, 0.2) is 0 Å². The molecular weight excluding hydrogens is 242 g/mol. The Kier molecular flexibility index (Phi) is 2.99. The van der Waals surface area contributed by atoms with Crippen LogP contribution in [0.1, 0.15) is 0 Å². The van der Waals surface area contributed by atoms with Gasteiger partial charge in [-0.3, -0.25) is 10.2 Å². The van der Waals surface area contributed by atoms with Crippen molar-refractivity contribution in [1.29, 1.82) is 0 Å². The number of halogens is 1. The molecule has 0 saturated carbocycles. The Hall–Kier alpha value is -2.05. The Morgan fingerprint density at radius 3 is 2.53 bits per heavy atom. The number of rotatable bonds is 2. The second-order valence-corrected chi connectivity index (χ2v) is 3.76. The SMILES string of the molecule is NNc1nc(-c2ccc(Cl)cc2)cc(=O)n1N. The summed E-state index contributed by atoms with van der Waals surface area (Å²) in [5.41, 5.74) is 3.08. The standard InChI is InChI=1S/C10H10ClN5O/c11-7-3-1-6(2-4-7)8-5-9(17)16(13)10(14-8)15-12/h1-5H,12-13H2,(H,14,15). The molecule has 0 aliphatic carbocycles. The van der Waals surface area contributed by atoms with Crippen molar-refractivity contribution in [3.8, 4) is 11.3 Å². The first-order chi connectivity index (χ1) is 8.11. The number of benzene rings is 1. The molecule has 0 amide bonds. The van der Waals surface area contributed by atoms with Crippen LogP contribution in [0, 0.1) is 0 Å². The summed E-state index contributed by atoms with van der Waals surface area (Å²) >= 11 is 5.78. The van der Waals surface area contributed by atoms with Gasteiger partial charge in [0.05, 0.1) is 5.69 Å². The van der Waals surface area contributed by atoms with Crippen LogP contribution in [-0.4, -0.2) is 9.66 Å². The molecule has 0 aliphatic rings. The van der Waals surface area contributed by atoms with Gasteiger partial charge in [0.25, 0.3) is 5.56 Å². The highest BCUT2D eigenvalue weighted by atomic mass is 35.5. The monoisotopic (exact) mass is 251 g/mol. The zero-order valence-electron chi connectivity index (χ0n) is 8.72. The Labute approximate surface area is 102 Å². The third-order valence-electron chi connectivity index (χ3n) is 2.22. The molecule has 0 saturated heterocycles. The summed E-state index contributed by atoms with van der Waals surface area (Å²) in [6.45, 7) is 0. The van der Waals surface area contributed by atoms with Crippen LogP contribution in [0.15, 0.2) is 35.1 Å². The van der Waals surface area contributed by atoms with Crippen molar-refractivity contribution in [2.45, 2.75) is 0 Å². The van der Waals surface area contributed by atoms with Crippen molar-refractivity contribution in [3.63, 3.8) is 0 Å². The lowest BCUT2D eigenvalue weighted by Gasteiger charge is -2.07. The Bertz CT molecular complexity index is 593. The fourth-order valence-corrected chi connectivity index (χ4v) is 1.49. The molecule has 0 bridgehead atoms. The van der Waals surface area contributed by atoms with Gasteiger partial charge in [-0.2, -0.15) is 4.68 Å². The average Bonchev–Trinajstić information content (AvgIpc) is 2.33. The summed E-state index contributed by atoms with van der Waals surface area (Å²) in [5.74, 6) is 10.7. The zero-order valence-corrected chi connectivity index (χ0v) is 9.48. The number of anilines is 1. The molecule has 1 heterocycles. The number of nitrogens with two attached hydrogens (primary N) is 2. The van der Waals surface area contributed by atoms with Crippen LogP contribution in [0.2, 0.25) is 5.02 Å². The number of hydrazine groups is 1. The maximum atomic E-state index is 11.5. The van der Waals surface area contributed by atoms with Gasteiger partial charge in [-0.05, 0) is 12.1 Å². The number of hydrogen-bond acceptors (Lipinski definition) is 5. The van der Waals surface area contributed by atoms with Crippen molar-refractivity contribution in [2.75, 3.05) is 11.3 Å². The largest absolute Gasteiger partial charge is 0.333 e. The number of aromatic nitrogens is 2. The zero-order chi connectivity index (χ0) is 12.4. The second-order valence-electron chi connectivity index (χ2n) is 3.32. The van der Waals surface area contributed by atoms with Crippen LogP contribution in [-0.2, 0) is 0 Å². The summed E-state index contributed by atoms with van der Waals surface area (Å²) < 4.78 is 0.833. The molecule has 1 aromatic carbocycles. The lowest BCUT2D eigenvalue weighted by Crippen LogP contribution is -2.32. The van der Waals surface area contributed by atoms with Gasteiger partial charge in [-0.15, -0.1) is 0 Å². The molecule has 2 rings (SSSR count). The average molecular weight is 252 g/mol. The Balaban J connectivity index is 2.56. The molecule has 0 radical (unpaired) electrons. The summed E-state index contributed by atoms with van der Waals surface area (Å²) in [4.78, 5) is 15.6. The minimum Gasteiger partial charge on any atom is -0.333 e. The van der Waals surface area contributed by atoms with Crippen molar-refractivity contribution < 1.29 is 0 Å². The summed E-state index contributed by atoms with van der Waals surface area (Å²) in [6.07, 6.45) is 0. The maximum Gasteiger partial charge on any atom is 0.273 e. The van der Waals surface area contributed by atoms with Crippen LogP contribution in [0.5, 0.6) is 0 Å². The van der Waals surface area contributed by atoms with Gasteiger partial charge in [-0.1, -0.05) is 23.7 Å². The van der Waals surface area contributed by atoms with Gasteiger partial charge < -0.3 is 5.84 Å². The molecule has 17 heavy (non-hydrogen) atoms. The highest BCUT2D eigenvalue weighted by molar-refractivity contribution is 6.30. The topological polar surface area (TPSA) is 99.0 Å². The van der Waals surface area contributed by atoms with Gasteiger partial charge in [0.1, 0.15) is 0 Å². The molecule has 0 aliphatic heterocycles. The van der Waals surface area contributed by atoms with Crippen LogP contribution in [0.4, 0.5) is 5.95 Å². The first kappa shape index (κ1) is 11.4. The molecule has 2 aromatic rings. The van der Waals surface area contributed by atoms with E-state index in [1.165, 1.54) is 6.07 Å². The number of nitrogen functional groups attached to an aromatic ring is 2. The van der Waals surface area contributed by atoms with E-state index in [1.807, 2.05) is 0 Å². The third-order valence-corrected chi connectivity index (χ3v) is 2.47. The van der Waals surface area contributed by atoms with Gasteiger partial charge in [0.2, 0.25) is 5.95 Å². The molecule has 0 atom stereocenters. The Morgan fingerprint density at radius 1 is 1.29 bits per heavy atom. The van der Waals surface area contributed by atoms with Crippen LogP contribution < -0.4 is 22.7 Å². The second kappa shape index (κ2) is 4.44. The highest BCUT2D eigenvalue weighted by Crippen LogP contribution is 2.19. The van der Waals surface area contributed by atoms with Crippen molar-refractivity contribution in [3.05, 3.63) is 45.7 Å². The van der Waals surface area contributed by atoms with Crippen molar-refractivity contribution in [2.24, 2.45) is 5.84 Å². The summed E-state index contributed by atoms with van der Waals surface area (Å²) in [5, 5.41) is 0.609. The van der Waals surface area contributed by atoms with E-state index >= 15 is 0 Å². The predicted molar refractivity (Wildman–Crippen MR) is 66.9 cm³/mol. The maximum absolute atomic E-state index is 11.5. The molecular formula is C10H10ClN5O.